The third-order valence-corrected chi connectivity index (χ3v) is 15.2. The monoisotopic (exact) mass is 994 g/mol. The molecule has 5 aliphatic rings. The topological polar surface area (TPSA) is 143 Å². The molecule has 388 valence electrons. The molecule has 3 amide bonds. The summed E-state index contributed by atoms with van der Waals surface area (Å²) >= 11 is 0. The molecule has 5 aromatic carbocycles. The number of aryl methyl sites for hydroxylation is 1. The van der Waals surface area contributed by atoms with E-state index in [9.17, 15) is 14.4 Å². The fraction of sp³-hybridized carbons (Fsp3) is 0.459. The highest BCUT2D eigenvalue weighted by Gasteiger charge is 2.30. The Balaban J connectivity index is 0.000000146. The summed E-state index contributed by atoms with van der Waals surface area (Å²) in [5.74, 6) is 6.96. The predicted molar refractivity (Wildman–Crippen MR) is 284 cm³/mol. The van der Waals surface area contributed by atoms with E-state index in [1.807, 2.05) is 60.7 Å². The highest BCUT2D eigenvalue weighted by Crippen LogP contribution is 2.41. The first-order chi connectivity index (χ1) is 35.7. The van der Waals surface area contributed by atoms with Crippen molar-refractivity contribution in [3.05, 3.63) is 143 Å². The van der Waals surface area contributed by atoms with Gasteiger partial charge in [-0.25, -0.2) is 0 Å². The van der Waals surface area contributed by atoms with E-state index in [0.717, 1.165) is 89.4 Å². The van der Waals surface area contributed by atoms with Crippen molar-refractivity contribution in [2.75, 3.05) is 54.2 Å². The van der Waals surface area contributed by atoms with Crippen molar-refractivity contribution in [2.45, 2.75) is 120 Å². The zero-order valence-electron chi connectivity index (χ0n) is 43.3. The van der Waals surface area contributed by atoms with Gasteiger partial charge in [-0.15, -0.1) is 0 Å². The van der Waals surface area contributed by atoms with Gasteiger partial charge < -0.3 is 44.4 Å². The van der Waals surface area contributed by atoms with Crippen LogP contribution in [0.25, 0.3) is 0 Å². The molecule has 3 aliphatic heterocycles. The number of carbonyl (C=O) groups excluding carboxylic acids is 3. The van der Waals surface area contributed by atoms with E-state index < -0.39 is 0 Å². The number of hydrogen-bond donors (Lipinski definition) is 3. The minimum absolute atomic E-state index is 0.0668. The number of nitrogens with one attached hydrogen (secondary N) is 3. The Labute approximate surface area is 432 Å². The van der Waals surface area contributed by atoms with E-state index in [-0.39, 0.29) is 41.6 Å². The predicted octanol–water partition coefficient (Wildman–Crippen LogP) is 11.3. The molecule has 5 atom stereocenters. The summed E-state index contributed by atoms with van der Waals surface area (Å²) in [6.45, 7) is 5.64. The molecule has 4 fully saturated rings. The molecule has 3 heterocycles. The van der Waals surface area contributed by atoms with Crippen molar-refractivity contribution in [3.8, 4) is 34.5 Å². The van der Waals surface area contributed by atoms with Crippen LogP contribution in [-0.4, -0.2) is 71.9 Å². The minimum Gasteiger partial charge on any atom is -0.497 e. The molecule has 12 heteroatoms. The van der Waals surface area contributed by atoms with Gasteiger partial charge in [0.05, 0.1) is 34.5 Å². The van der Waals surface area contributed by atoms with Gasteiger partial charge in [0.25, 0.3) is 0 Å². The summed E-state index contributed by atoms with van der Waals surface area (Å²) in [5.41, 5.74) is 7.30. The lowest BCUT2D eigenvalue weighted by Gasteiger charge is -2.21. The van der Waals surface area contributed by atoms with E-state index in [2.05, 4.69) is 71.4 Å². The highest BCUT2D eigenvalue weighted by atomic mass is 16.5. The Morgan fingerprint density at radius 1 is 0.548 bits per heavy atom. The van der Waals surface area contributed by atoms with Crippen molar-refractivity contribution >= 4 is 17.7 Å². The highest BCUT2D eigenvalue weighted by molar-refractivity contribution is 5.80. The second-order valence-electron chi connectivity index (χ2n) is 20.1. The normalized spacial score (nSPS) is 20.5. The fourth-order valence-electron chi connectivity index (χ4n) is 10.8. The third-order valence-electron chi connectivity index (χ3n) is 15.2. The van der Waals surface area contributed by atoms with E-state index in [4.69, 9.17) is 28.4 Å². The summed E-state index contributed by atoms with van der Waals surface area (Å²) in [4.78, 5) is 34.5. The first-order valence-electron chi connectivity index (χ1n) is 26.6. The van der Waals surface area contributed by atoms with Gasteiger partial charge in [0.2, 0.25) is 17.7 Å². The minimum atomic E-state index is 0.0668. The average Bonchev–Trinajstić information content (AvgIpc) is 4.27. The number of rotatable bonds is 18. The number of fused-ring (bicyclic) bond motifs is 1. The smallest absolute Gasteiger partial charge is 0.220 e. The van der Waals surface area contributed by atoms with Crippen LogP contribution >= 0.6 is 0 Å². The van der Waals surface area contributed by atoms with E-state index in [1.54, 1.807) is 21.3 Å². The summed E-state index contributed by atoms with van der Waals surface area (Å²) in [7, 11) is 4.98. The Hall–Kier alpha value is -6.69. The molecule has 73 heavy (non-hydrogen) atoms. The third kappa shape index (κ3) is 14.5. The fourth-order valence-corrected chi connectivity index (χ4v) is 10.8. The SMILES string of the molecule is COc1ccc(C2CNC(=O)C2)c(OC2CCc3ccccc32)c1.COc1ccc(C2CNC(=O)C2)cc1OCCC(C)c1ccccc1.COc1ccc(C2CNC(=O)C2)cc1OCCCC1CCCCC1. The molecule has 3 saturated heterocycles. The summed E-state index contributed by atoms with van der Waals surface area (Å²) in [5, 5.41) is 8.68. The largest absolute Gasteiger partial charge is 0.497 e. The zero-order chi connectivity index (χ0) is 50.9. The van der Waals surface area contributed by atoms with E-state index in [1.165, 1.54) is 55.2 Å². The van der Waals surface area contributed by atoms with Crippen LogP contribution in [0.1, 0.15) is 147 Å². The maximum Gasteiger partial charge on any atom is 0.220 e. The lowest BCUT2D eigenvalue weighted by atomic mass is 9.86. The van der Waals surface area contributed by atoms with Crippen molar-refractivity contribution in [2.24, 2.45) is 5.92 Å². The van der Waals surface area contributed by atoms with Gasteiger partial charge in [0.1, 0.15) is 17.6 Å². The van der Waals surface area contributed by atoms with Gasteiger partial charge >= 0.3 is 0 Å². The summed E-state index contributed by atoms with van der Waals surface area (Å²) < 4.78 is 34.6. The van der Waals surface area contributed by atoms with Gasteiger partial charge in [0, 0.05) is 62.7 Å². The molecule has 5 unspecified atom stereocenters. The quantitative estimate of drug-likeness (QED) is 0.0731. The zero-order valence-corrected chi connectivity index (χ0v) is 43.3. The van der Waals surface area contributed by atoms with E-state index in [0.29, 0.717) is 51.4 Å². The Morgan fingerprint density at radius 3 is 1.73 bits per heavy atom. The Kier molecular flexibility index (Phi) is 19.0. The number of carbonyl (C=O) groups is 3. The van der Waals surface area contributed by atoms with Crippen LogP contribution in [0.2, 0.25) is 0 Å². The van der Waals surface area contributed by atoms with Gasteiger partial charge in [-0.1, -0.05) is 112 Å². The van der Waals surface area contributed by atoms with Crippen LogP contribution in [0.15, 0.2) is 109 Å². The van der Waals surface area contributed by atoms with Crippen molar-refractivity contribution < 1.29 is 42.8 Å². The van der Waals surface area contributed by atoms with Crippen LogP contribution in [0.5, 0.6) is 34.5 Å². The molecule has 5 aromatic rings. The molecule has 2 aliphatic carbocycles. The van der Waals surface area contributed by atoms with Crippen molar-refractivity contribution in [1.82, 2.24) is 16.0 Å². The second kappa shape index (κ2) is 26.3. The van der Waals surface area contributed by atoms with Crippen LogP contribution in [0.4, 0.5) is 0 Å². The van der Waals surface area contributed by atoms with Crippen LogP contribution < -0.4 is 44.4 Å². The summed E-state index contributed by atoms with van der Waals surface area (Å²) in [6, 6.07) is 36.8. The van der Waals surface area contributed by atoms with Gasteiger partial charge in [-0.05, 0) is 108 Å². The lowest BCUT2D eigenvalue weighted by molar-refractivity contribution is -0.120. The molecule has 0 bridgehead atoms. The van der Waals surface area contributed by atoms with Gasteiger partial charge in [-0.3, -0.25) is 14.4 Å². The number of methoxy groups -OCH3 is 3. The van der Waals surface area contributed by atoms with Gasteiger partial charge in [0.15, 0.2) is 23.0 Å². The molecule has 0 spiro atoms. The number of amides is 3. The molecular formula is C61H75N3O9. The Morgan fingerprint density at radius 2 is 1.14 bits per heavy atom. The average molecular weight is 994 g/mol. The molecule has 1 saturated carbocycles. The van der Waals surface area contributed by atoms with Crippen LogP contribution in [0.3, 0.4) is 0 Å². The summed E-state index contributed by atoms with van der Waals surface area (Å²) in [6.07, 6.45) is 14.0. The van der Waals surface area contributed by atoms with Crippen molar-refractivity contribution in [3.63, 3.8) is 0 Å². The standard InChI is InChI=1S/C21H25NO3.C20H21NO3.C20H29NO3/c1-15(16-6-4-3-5-7-16)10-11-25-20-12-17(8-9-19(20)24-2)18-13-21(23)22-14-18;1-23-15-7-8-17(14-10-20(22)21-12-14)19(11-15)24-18-9-6-13-4-2-3-5-16(13)18;1-23-18-10-9-16(17-13-20(22)21-14-17)12-19(18)24-11-5-8-15-6-3-2-4-7-15/h3-9,12,15,18H,10-11,13-14H2,1-2H3,(H,22,23);2-5,7-8,11,14,18H,6,9-10,12H2,1H3,(H,21,22);9-10,12,15,17H,2-8,11,13-14H2,1H3,(H,21,22). The first kappa shape index (κ1) is 52.6. The second-order valence-corrected chi connectivity index (χ2v) is 20.1. The number of benzene rings is 5. The number of ether oxygens (including phenoxy) is 6. The first-order valence-corrected chi connectivity index (χ1v) is 26.6. The lowest BCUT2D eigenvalue weighted by Crippen LogP contribution is -2.14. The van der Waals surface area contributed by atoms with E-state index >= 15 is 0 Å². The van der Waals surface area contributed by atoms with Crippen molar-refractivity contribution in [1.29, 1.82) is 0 Å². The van der Waals surface area contributed by atoms with Crippen LogP contribution in [0, 0.1) is 5.92 Å². The molecule has 10 rings (SSSR count). The molecular weight excluding hydrogens is 919 g/mol. The maximum absolute atomic E-state index is 11.6. The van der Waals surface area contributed by atoms with Crippen LogP contribution in [-0.2, 0) is 20.8 Å². The maximum atomic E-state index is 11.6. The Bertz CT molecular complexity index is 2600. The molecule has 3 N–H and O–H groups in total. The van der Waals surface area contributed by atoms with Gasteiger partial charge in [-0.2, -0.15) is 0 Å². The molecule has 12 nitrogen and oxygen atoms in total. The molecule has 0 radical (unpaired) electrons. The number of hydrogen-bond acceptors (Lipinski definition) is 9. The molecule has 0 aromatic heterocycles.